The smallest absolute Gasteiger partial charge is 0.0486 e. The first-order valence-corrected chi connectivity index (χ1v) is 7.95. The van der Waals surface area contributed by atoms with E-state index >= 15 is 0 Å². The lowest BCUT2D eigenvalue weighted by atomic mass is 9.86. The van der Waals surface area contributed by atoms with Crippen LogP contribution in [0.25, 0.3) is 10.9 Å². The number of fused-ring (bicyclic) bond motifs is 3. The number of hydrogen-bond donors (Lipinski definition) is 1. The summed E-state index contributed by atoms with van der Waals surface area (Å²) >= 11 is 0. The van der Waals surface area contributed by atoms with Crippen LogP contribution in [0.3, 0.4) is 0 Å². The predicted octanol–water partition coefficient (Wildman–Crippen LogP) is 2.89. The van der Waals surface area contributed by atoms with E-state index in [2.05, 4.69) is 55.5 Å². The number of nitrogens with zero attached hydrogens (tertiary/aromatic N) is 2. The summed E-state index contributed by atoms with van der Waals surface area (Å²) in [6.07, 6.45) is 0.972. The summed E-state index contributed by atoms with van der Waals surface area (Å²) < 4.78 is 2.51. The third-order valence-corrected chi connectivity index (χ3v) is 4.67. The first kappa shape index (κ1) is 14.6. The van der Waals surface area contributed by atoms with Gasteiger partial charge in [0.15, 0.2) is 0 Å². The van der Waals surface area contributed by atoms with Gasteiger partial charge in [0, 0.05) is 36.2 Å². The molecule has 2 heterocycles. The van der Waals surface area contributed by atoms with E-state index in [9.17, 15) is 0 Å². The van der Waals surface area contributed by atoms with Gasteiger partial charge in [0.05, 0.1) is 0 Å². The fourth-order valence-corrected chi connectivity index (χ4v) is 3.41. The molecule has 1 aromatic carbocycles. The zero-order valence-electron chi connectivity index (χ0n) is 13.7. The summed E-state index contributed by atoms with van der Waals surface area (Å²) in [6.45, 7) is 10.8. The van der Waals surface area contributed by atoms with Gasteiger partial charge in [-0.05, 0) is 48.7 Å². The second-order valence-electron chi connectivity index (χ2n) is 7.34. The average Bonchev–Trinajstić information content (AvgIpc) is 2.72. The molecule has 0 radical (unpaired) electrons. The Balaban J connectivity index is 2.23. The second-order valence-corrected chi connectivity index (χ2v) is 7.34. The molecule has 3 heteroatoms. The SMILES string of the molecule is CN1CCn2c(c(CCN)c3cc(C(C)(C)C)ccc32)C1. The lowest BCUT2D eigenvalue weighted by Crippen LogP contribution is -2.30. The Labute approximate surface area is 127 Å². The topological polar surface area (TPSA) is 34.2 Å². The van der Waals surface area contributed by atoms with E-state index < -0.39 is 0 Å². The van der Waals surface area contributed by atoms with E-state index in [0.717, 1.165) is 32.6 Å². The third-order valence-electron chi connectivity index (χ3n) is 4.67. The number of hydrogen-bond acceptors (Lipinski definition) is 2. The predicted molar refractivity (Wildman–Crippen MR) is 89.7 cm³/mol. The number of rotatable bonds is 2. The minimum absolute atomic E-state index is 0.188. The van der Waals surface area contributed by atoms with E-state index in [-0.39, 0.29) is 5.41 Å². The van der Waals surface area contributed by atoms with E-state index in [0.29, 0.717) is 0 Å². The molecule has 0 amide bonds. The second kappa shape index (κ2) is 5.15. The van der Waals surface area contributed by atoms with Gasteiger partial charge in [0.1, 0.15) is 0 Å². The van der Waals surface area contributed by atoms with Gasteiger partial charge in [-0.2, -0.15) is 0 Å². The van der Waals surface area contributed by atoms with E-state index in [1.165, 1.54) is 27.7 Å². The van der Waals surface area contributed by atoms with Crippen LogP contribution in [-0.4, -0.2) is 29.6 Å². The highest BCUT2D eigenvalue weighted by Gasteiger charge is 2.23. The fraction of sp³-hybridized carbons (Fsp3) is 0.556. The van der Waals surface area contributed by atoms with Gasteiger partial charge in [0.25, 0.3) is 0 Å². The molecule has 0 atom stereocenters. The lowest BCUT2D eigenvalue weighted by molar-refractivity contribution is 0.271. The molecule has 0 aliphatic carbocycles. The van der Waals surface area contributed by atoms with Crippen LogP contribution in [0.4, 0.5) is 0 Å². The Kier molecular flexibility index (Phi) is 3.58. The molecule has 21 heavy (non-hydrogen) atoms. The van der Waals surface area contributed by atoms with Crippen molar-refractivity contribution in [2.75, 3.05) is 20.1 Å². The van der Waals surface area contributed by atoms with Crippen LogP contribution in [0.1, 0.15) is 37.6 Å². The van der Waals surface area contributed by atoms with E-state index in [4.69, 9.17) is 5.73 Å². The van der Waals surface area contributed by atoms with Crippen molar-refractivity contribution in [3.63, 3.8) is 0 Å². The van der Waals surface area contributed by atoms with Crippen molar-refractivity contribution < 1.29 is 0 Å². The summed E-state index contributed by atoms with van der Waals surface area (Å²) in [7, 11) is 2.20. The number of benzene rings is 1. The highest BCUT2D eigenvalue weighted by molar-refractivity contribution is 5.86. The van der Waals surface area contributed by atoms with Crippen molar-refractivity contribution in [3.8, 4) is 0 Å². The summed E-state index contributed by atoms with van der Waals surface area (Å²) in [5.41, 5.74) is 11.8. The maximum absolute atomic E-state index is 5.88. The summed E-state index contributed by atoms with van der Waals surface area (Å²) in [5, 5.41) is 1.41. The Morgan fingerprint density at radius 1 is 1.19 bits per heavy atom. The summed E-state index contributed by atoms with van der Waals surface area (Å²) in [6, 6.07) is 7.00. The van der Waals surface area contributed by atoms with Crippen LogP contribution >= 0.6 is 0 Å². The largest absolute Gasteiger partial charge is 0.342 e. The maximum Gasteiger partial charge on any atom is 0.0486 e. The number of likely N-dealkylation sites (N-methyl/N-ethyl adjacent to an activating group) is 1. The quantitative estimate of drug-likeness (QED) is 0.920. The highest BCUT2D eigenvalue weighted by atomic mass is 15.2. The van der Waals surface area contributed by atoms with Crippen LogP contribution in [-0.2, 0) is 24.9 Å². The van der Waals surface area contributed by atoms with Crippen LogP contribution in [0.5, 0.6) is 0 Å². The molecular formula is C18H27N3. The molecule has 0 fully saturated rings. The van der Waals surface area contributed by atoms with Gasteiger partial charge in [-0.3, -0.25) is 4.90 Å². The van der Waals surface area contributed by atoms with Crippen LogP contribution in [0.15, 0.2) is 18.2 Å². The normalized spacial score (nSPS) is 16.4. The molecule has 0 bridgehead atoms. The maximum atomic E-state index is 5.88. The monoisotopic (exact) mass is 285 g/mol. The number of aromatic nitrogens is 1. The Hall–Kier alpha value is -1.32. The standard InChI is InChI=1S/C18H27N3/c1-18(2,3)13-5-6-16-15(11-13)14(7-8-19)17-12-20(4)9-10-21(16)17/h5-6,11H,7-10,12,19H2,1-4H3. The highest BCUT2D eigenvalue weighted by Crippen LogP contribution is 2.33. The van der Waals surface area contributed by atoms with Crippen molar-refractivity contribution in [3.05, 3.63) is 35.0 Å². The zero-order valence-corrected chi connectivity index (χ0v) is 13.7. The Morgan fingerprint density at radius 2 is 1.95 bits per heavy atom. The van der Waals surface area contributed by atoms with Crippen molar-refractivity contribution in [2.24, 2.45) is 5.73 Å². The van der Waals surface area contributed by atoms with Gasteiger partial charge in [0.2, 0.25) is 0 Å². The van der Waals surface area contributed by atoms with Gasteiger partial charge >= 0.3 is 0 Å². The molecular weight excluding hydrogens is 258 g/mol. The molecule has 0 saturated heterocycles. The van der Waals surface area contributed by atoms with Crippen molar-refractivity contribution in [2.45, 2.75) is 45.7 Å². The van der Waals surface area contributed by atoms with Gasteiger partial charge in [-0.1, -0.05) is 26.8 Å². The minimum atomic E-state index is 0.188. The van der Waals surface area contributed by atoms with Gasteiger partial charge in [-0.25, -0.2) is 0 Å². The molecule has 1 aromatic heterocycles. The van der Waals surface area contributed by atoms with E-state index in [1.807, 2.05) is 0 Å². The van der Waals surface area contributed by atoms with Crippen molar-refractivity contribution in [1.29, 1.82) is 0 Å². The third kappa shape index (κ3) is 2.49. The van der Waals surface area contributed by atoms with Crippen LogP contribution in [0.2, 0.25) is 0 Å². The molecule has 0 saturated carbocycles. The van der Waals surface area contributed by atoms with Gasteiger partial charge < -0.3 is 10.3 Å². The van der Waals surface area contributed by atoms with Crippen molar-refractivity contribution in [1.82, 2.24) is 9.47 Å². The first-order valence-electron chi connectivity index (χ1n) is 7.95. The van der Waals surface area contributed by atoms with Gasteiger partial charge in [-0.15, -0.1) is 0 Å². The molecule has 2 aromatic rings. The summed E-state index contributed by atoms with van der Waals surface area (Å²) in [5.74, 6) is 0. The molecule has 0 spiro atoms. The molecule has 3 rings (SSSR count). The Morgan fingerprint density at radius 3 is 2.62 bits per heavy atom. The molecule has 3 nitrogen and oxygen atoms in total. The molecule has 114 valence electrons. The van der Waals surface area contributed by atoms with E-state index in [1.54, 1.807) is 0 Å². The molecule has 0 unspecified atom stereocenters. The molecule has 2 N–H and O–H groups in total. The van der Waals surface area contributed by atoms with Crippen molar-refractivity contribution >= 4 is 10.9 Å². The first-order chi connectivity index (χ1) is 9.91. The zero-order chi connectivity index (χ0) is 15.2. The molecule has 1 aliphatic rings. The minimum Gasteiger partial charge on any atom is -0.342 e. The number of nitrogens with two attached hydrogens (primary N) is 1. The lowest BCUT2D eigenvalue weighted by Gasteiger charge is -2.26. The molecule has 1 aliphatic heterocycles. The van der Waals surface area contributed by atoms with Crippen LogP contribution < -0.4 is 5.73 Å². The fourth-order valence-electron chi connectivity index (χ4n) is 3.41. The average molecular weight is 285 g/mol. The van der Waals surface area contributed by atoms with Crippen LogP contribution in [0, 0.1) is 0 Å². The summed E-state index contributed by atoms with van der Waals surface area (Å²) in [4.78, 5) is 2.40. The Bertz CT molecular complexity index is 661.